The second kappa shape index (κ2) is 10.6. The first-order chi connectivity index (χ1) is 15.3. The zero-order valence-electron chi connectivity index (χ0n) is 18.5. The van der Waals surface area contributed by atoms with Gasteiger partial charge in [-0.3, -0.25) is 10.1 Å². The van der Waals surface area contributed by atoms with Gasteiger partial charge >= 0.3 is 0 Å². The van der Waals surface area contributed by atoms with E-state index in [1.54, 1.807) is 38.6 Å². The number of allylic oxidation sites excluding steroid dienone is 1. The zero-order chi connectivity index (χ0) is 23.3. The summed E-state index contributed by atoms with van der Waals surface area (Å²) in [5.74, 6) is 1.99. The Morgan fingerprint density at radius 3 is 2.69 bits per heavy atom. The summed E-state index contributed by atoms with van der Waals surface area (Å²) in [6, 6.07) is 10.4. The SMILES string of the molecule is C=CCn1c(CSc2ccc(C)cc2)nnc1SC(C)C(=O)Nc1oc(C)c(C)c1C#N. The monoisotopic (exact) mass is 467 g/mol. The molecule has 1 atom stereocenters. The molecule has 32 heavy (non-hydrogen) atoms. The van der Waals surface area contributed by atoms with E-state index in [1.807, 2.05) is 4.57 Å². The lowest BCUT2D eigenvalue weighted by Crippen LogP contribution is -2.23. The van der Waals surface area contributed by atoms with Crippen molar-refractivity contribution in [3.8, 4) is 6.07 Å². The van der Waals surface area contributed by atoms with Gasteiger partial charge in [-0.05, 0) is 39.8 Å². The van der Waals surface area contributed by atoms with Gasteiger partial charge in [0, 0.05) is 17.0 Å². The number of hydrogen-bond acceptors (Lipinski definition) is 7. The minimum Gasteiger partial charge on any atom is -0.444 e. The van der Waals surface area contributed by atoms with E-state index in [4.69, 9.17) is 4.42 Å². The maximum Gasteiger partial charge on any atom is 0.240 e. The van der Waals surface area contributed by atoms with E-state index in [0.717, 1.165) is 16.3 Å². The van der Waals surface area contributed by atoms with Gasteiger partial charge in [0.15, 0.2) is 5.16 Å². The molecular formula is C23H25N5O2S2. The van der Waals surface area contributed by atoms with Crippen LogP contribution in [-0.4, -0.2) is 25.9 Å². The van der Waals surface area contributed by atoms with E-state index in [-0.39, 0.29) is 11.8 Å². The fourth-order valence-electron chi connectivity index (χ4n) is 2.88. The molecule has 0 radical (unpaired) electrons. The number of hydrogen-bond donors (Lipinski definition) is 1. The van der Waals surface area contributed by atoms with Crippen LogP contribution in [0.15, 0.2) is 51.4 Å². The average molecular weight is 468 g/mol. The van der Waals surface area contributed by atoms with Gasteiger partial charge in [0.25, 0.3) is 0 Å². The van der Waals surface area contributed by atoms with Crippen LogP contribution in [0.4, 0.5) is 5.88 Å². The Balaban J connectivity index is 1.70. The van der Waals surface area contributed by atoms with E-state index < -0.39 is 5.25 Å². The molecular weight excluding hydrogens is 442 g/mol. The molecule has 1 amide bonds. The van der Waals surface area contributed by atoms with Gasteiger partial charge in [-0.1, -0.05) is 35.5 Å². The molecule has 3 rings (SSSR count). The van der Waals surface area contributed by atoms with Crippen LogP contribution < -0.4 is 5.32 Å². The number of thioether (sulfide) groups is 2. The molecule has 3 aromatic rings. The lowest BCUT2D eigenvalue weighted by Gasteiger charge is -2.12. The van der Waals surface area contributed by atoms with Gasteiger partial charge in [0.2, 0.25) is 11.8 Å². The normalized spacial score (nSPS) is 11.7. The van der Waals surface area contributed by atoms with Gasteiger partial charge in [0.05, 0.1) is 11.0 Å². The molecule has 166 valence electrons. The molecule has 0 saturated heterocycles. The Bertz CT molecular complexity index is 1160. The molecule has 0 aliphatic carbocycles. The molecule has 9 heteroatoms. The number of carbonyl (C=O) groups excluding carboxylic acids is 1. The van der Waals surface area contributed by atoms with Crippen LogP contribution in [0.5, 0.6) is 0 Å². The molecule has 0 aliphatic heterocycles. The van der Waals surface area contributed by atoms with Crippen molar-refractivity contribution in [1.29, 1.82) is 5.26 Å². The molecule has 7 nitrogen and oxygen atoms in total. The van der Waals surface area contributed by atoms with Crippen molar-refractivity contribution in [2.45, 2.75) is 55.3 Å². The van der Waals surface area contributed by atoms with E-state index in [2.05, 4.69) is 59.4 Å². The number of rotatable bonds is 9. The van der Waals surface area contributed by atoms with Crippen molar-refractivity contribution in [3.05, 3.63) is 65.2 Å². The Labute approximate surface area is 196 Å². The maximum atomic E-state index is 12.7. The standard InChI is InChI=1S/C23H25N5O2S2/c1-6-11-28-20(13-31-18-9-7-14(2)8-10-18)26-27-23(28)32-17(5)21(29)25-22-19(12-24)15(3)16(4)30-22/h6-10,17H,1,11,13H2,2-5H3,(H,25,29). The van der Waals surface area contributed by atoms with Crippen molar-refractivity contribution in [2.24, 2.45) is 0 Å². The van der Waals surface area contributed by atoms with Gasteiger partial charge in [-0.15, -0.1) is 28.5 Å². The number of carbonyl (C=O) groups is 1. The number of aromatic nitrogens is 3. The Kier molecular flexibility index (Phi) is 7.83. The summed E-state index contributed by atoms with van der Waals surface area (Å²) in [5, 5.41) is 20.9. The largest absolute Gasteiger partial charge is 0.444 e. The summed E-state index contributed by atoms with van der Waals surface area (Å²) in [5.41, 5.74) is 2.29. The predicted octanol–water partition coefficient (Wildman–Crippen LogP) is 5.27. The molecule has 1 N–H and O–H groups in total. The van der Waals surface area contributed by atoms with Crippen molar-refractivity contribution >= 4 is 35.3 Å². The molecule has 1 aromatic carbocycles. The first-order valence-corrected chi connectivity index (χ1v) is 11.9. The van der Waals surface area contributed by atoms with E-state index in [0.29, 0.717) is 28.8 Å². The van der Waals surface area contributed by atoms with Gasteiger partial charge in [0.1, 0.15) is 23.2 Å². The third-order valence-electron chi connectivity index (χ3n) is 4.88. The highest BCUT2D eigenvalue weighted by molar-refractivity contribution is 8.00. The second-order valence-corrected chi connectivity index (χ2v) is 9.61. The summed E-state index contributed by atoms with van der Waals surface area (Å²) in [7, 11) is 0. The maximum absolute atomic E-state index is 12.7. The number of nitriles is 1. The minimum absolute atomic E-state index is 0.183. The third-order valence-corrected chi connectivity index (χ3v) is 6.97. The Morgan fingerprint density at radius 2 is 2.03 bits per heavy atom. The first kappa shape index (κ1) is 23.7. The van der Waals surface area contributed by atoms with Crippen LogP contribution in [0.25, 0.3) is 0 Å². The van der Waals surface area contributed by atoms with E-state index in [1.165, 1.54) is 17.3 Å². The molecule has 0 bridgehead atoms. The summed E-state index contributed by atoms with van der Waals surface area (Å²) in [6.07, 6.45) is 1.78. The van der Waals surface area contributed by atoms with Gasteiger partial charge < -0.3 is 8.98 Å². The van der Waals surface area contributed by atoms with Crippen molar-refractivity contribution < 1.29 is 9.21 Å². The number of nitrogens with one attached hydrogen (secondary N) is 1. The van der Waals surface area contributed by atoms with Crippen LogP contribution in [0.1, 0.15) is 35.2 Å². The van der Waals surface area contributed by atoms with Crippen LogP contribution in [0, 0.1) is 32.1 Å². The lowest BCUT2D eigenvalue weighted by atomic mass is 10.2. The molecule has 1 unspecified atom stereocenters. The van der Waals surface area contributed by atoms with Crippen LogP contribution in [0.2, 0.25) is 0 Å². The van der Waals surface area contributed by atoms with E-state index in [9.17, 15) is 10.1 Å². The van der Waals surface area contributed by atoms with Crippen molar-refractivity contribution in [1.82, 2.24) is 14.8 Å². The Hall–Kier alpha value is -2.96. The number of anilines is 1. The average Bonchev–Trinajstić information content (AvgIpc) is 3.27. The fourth-order valence-corrected chi connectivity index (χ4v) is 4.60. The third kappa shape index (κ3) is 5.44. The molecule has 0 saturated carbocycles. The van der Waals surface area contributed by atoms with Gasteiger partial charge in [-0.2, -0.15) is 5.26 Å². The van der Waals surface area contributed by atoms with Crippen molar-refractivity contribution in [3.63, 3.8) is 0 Å². The lowest BCUT2D eigenvalue weighted by molar-refractivity contribution is -0.115. The summed E-state index contributed by atoms with van der Waals surface area (Å²) < 4.78 is 7.51. The number of amides is 1. The Morgan fingerprint density at radius 1 is 1.31 bits per heavy atom. The molecule has 0 spiro atoms. The smallest absolute Gasteiger partial charge is 0.240 e. The number of furan rings is 1. The van der Waals surface area contributed by atoms with Crippen LogP contribution in [0.3, 0.4) is 0 Å². The summed E-state index contributed by atoms with van der Waals surface area (Å²) in [6.45, 7) is 11.8. The fraction of sp³-hybridized carbons (Fsp3) is 0.304. The number of nitrogens with zero attached hydrogens (tertiary/aromatic N) is 4. The van der Waals surface area contributed by atoms with Crippen LogP contribution in [-0.2, 0) is 17.1 Å². The first-order valence-electron chi connectivity index (χ1n) is 10.0. The van der Waals surface area contributed by atoms with Crippen molar-refractivity contribution in [2.75, 3.05) is 5.32 Å². The molecule has 2 heterocycles. The van der Waals surface area contributed by atoms with Crippen LogP contribution >= 0.6 is 23.5 Å². The highest BCUT2D eigenvalue weighted by atomic mass is 32.2. The highest BCUT2D eigenvalue weighted by Crippen LogP contribution is 2.29. The predicted molar refractivity (Wildman–Crippen MR) is 128 cm³/mol. The summed E-state index contributed by atoms with van der Waals surface area (Å²) in [4.78, 5) is 13.9. The zero-order valence-corrected chi connectivity index (χ0v) is 20.1. The van der Waals surface area contributed by atoms with Gasteiger partial charge in [-0.25, -0.2) is 0 Å². The molecule has 2 aromatic heterocycles. The molecule has 0 aliphatic rings. The summed E-state index contributed by atoms with van der Waals surface area (Å²) >= 11 is 2.98. The topological polar surface area (TPSA) is 96.7 Å². The quantitative estimate of drug-likeness (QED) is 0.338. The highest BCUT2D eigenvalue weighted by Gasteiger charge is 2.23. The molecule has 0 fully saturated rings. The van der Waals surface area contributed by atoms with E-state index >= 15 is 0 Å². The second-order valence-electron chi connectivity index (χ2n) is 7.25. The number of aryl methyl sites for hydroxylation is 2. The number of benzene rings is 1. The minimum atomic E-state index is -0.474.